The van der Waals surface area contributed by atoms with Gasteiger partial charge >= 0.3 is 5.97 Å². The van der Waals surface area contributed by atoms with Gasteiger partial charge in [0, 0.05) is 12.5 Å². The number of carboxylic acids is 1. The Hall–Kier alpha value is -3.86. The lowest BCUT2D eigenvalue weighted by atomic mass is 10.1. The van der Waals surface area contributed by atoms with E-state index in [1.54, 1.807) is 6.08 Å². The van der Waals surface area contributed by atoms with Crippen LogP contribution in [0.5, 0.6) is 5.75 Å². The number of amides is 1. The molecule has 1 amide bonds. The molecule has 0 aliphatic carbocycles. The lowest BCUT2D eigenvalue weighted by Crippen LogP contribution is -2.41. The summed E-state index contributed by atoms with van der Waals surface area (Å²) in [5, 5.41) is 11.9. The van der Waals surface area contributed by atoms with Gasteiger partial charge in [-0.1, -0.05) is 72.8 Å². The molecule has 5 nitrogen and oxygen atoms in total. The van der Waals surface area contributed by atoms with Crippen LogP contribution < -0.4 is 10.1 Å². The summed E-state index contributed by atoms with van der Waals surface area (Å²) in [4.78, 5) is 23.7. The van der Waals surface area contributed by atoms with Crippen LogP contribution in [-0.4, -0.2) is 23.0 Å². The largest absolute Gasteiger partial charge is 0.489 e. The molecule has 0 heterocycles. The first-order valence-corrected chi connectivity index (χ1v) is 9.62. The molecule has 0 saturated carbocycles. The maximum Gasteiger partial charge on any atom is 0.326 e. The van der Waals surface area contributed by atoms with Crippen LogP contribution in [-0.2, 0) is 22.6 Å². The number of carboxylic acid groups (broad SMARTS) is 1. The summed E-state index contributed by atoms with van der Waals surface area (Å²) < 4.78 is 5.79. The molecule has 30 heavy (non-hydrogen) atoms. The summed E-state index contributed by atoms with van der Waals surface area (Å²) >= 11 is 0. The smallest absolute Gasteiger partial charge is 0.326 e. The second-order valence-electron chi connectivity index (χ2n) is 6.77. The molecule has 1 atom stereocenters. The number of aliphatic carboxylic acids is 1. The number of ether oxygens (including phenoxy) is 1. The van der Waals surface area contributed by atoms with Crippen molar-refractivity contribution in [3.63, 3.8) is 0 Å². The Labute approximate surface area is 175 Å². The zero-order valence-electron chi connectivity index (χ0n) is 16.4. The Morgan fingerprint density at radius 2 is 1.57 bits per heavy atom. The molecular weight excluding hydrogens is 378 g/mol. The highest BCUT2D eigenvalue weighted by molar-refractivity contribution is 5.94. The molecule has 2 N–H and O–H groups in total. The van der Waals surface area contributed by atoms with Gasteiger partial charge in [-0.3, -0.25) is 4.79 Å². The van der Waals surface area contributed by atoms with E-state index in [4.69, 9.17) is 4.74 Å². The molecule has 0 spiro atoms. The maximum absolute atomic E-state index is 12.2. The molecular formula is C25H23NO4. The summed E-state index contributed by atoms with van der Waals surface area (Å²) in [5.74, 6) is -0.847. The van der Waals surface area contributed by atoms with Gasteiger partial charge in [0.1, 0.15) is 18.4 Å². The van der Waals surface area contributed by atoms with Crippen molar-refractivity contribution in [1.29, 1.82) is 0 Å². The average Bonchev–Trinajstić information content (AvgIpc) is 2.77. The first-order chi connectivity index (χ1) is 14.6. The normalized spacial score (nSPS) is 11.7. The van der Waals surface area contributed by atoms with Gasteiger partial charge in [0.2, 0.25) is 5.91 Å². The van der Waals surface area contributed by atoms with E-state index in [0.29, 0.717) is 12.4 Å². The van der Waals surface area contributed by atoms with E-state index in [-0.39, 0.29) is 6.42 Å². The fourth-order valence-electron chi connectivity index (χ4n) is 2.89. The molecule has 0 aliphatic heterocycles. The Morgan fingerprint density at radius 3 is 2.23 bits per heavy atom. The van der Waals surface area contributed by atoms with Crippen LogP contribution in [0.3, 0.4) is 0 Å². The van der Waals surface area contributed by atoms with Crippen LogP contribution >= 0.6 is 0 Å². The zero-order valence-corrected chi connectivity index (χ0v) is 16.4. The van der Waals surface area contributed by atoms with Gasteiger partial charge in [-0.05, 0) is 34.9 Å². The Kier molecular flexibility index (Phi) is 7.39. The van der Waals surface area contributed by atoms with Crippen molar-refractivity contribution < 1.29 is 19.4 Å². The van der Waals surface area contributed by atoms with Crippen molar-refractivity contribution in [3.8, 4) is 5.75 Å². The Balaban J connectivity index is 1.57. The van der Waals surface area contributed by atoms with E-state index in [1.165, 1.54) is 6.08 Å². The molecule has 3 aromatic carbocycles. The van der Waals surface area contributed by atoms with E-state index < -0.39 is 17.9 Å². The van der Waals surface area contributed by atoms with Crippen LogP contribution in [0.15, 0.2) is 91.0 Å². The van der Waals surface area contributed by atoms with Crippen molar-refractivity contribution in [2.75, 3.05) is 0 Å². The van der Waals surface area contributed by atoms with Crippen LogP contribution in [0.25, 0.3) is 6.08 Å². The first-order valence-electron chi connectivity index (χ1n) is 9.62. The van der Waals surface area contributed by atoms with E-state index in [2.05, 4.69) is 5.32 Å². The lowest BCUT2D eigenvalue weighted by Gasteiger charge is -2.13. The number of carbonyl (C=O) groups is 2. The Morgan fingerprint density at radius 1 is 0.900 bits per heavy atom. The molecule has 0 aromatic heterocycles. The lowest BCUT2D eigenvalue weighted by molar-refractivity contribution is -0.141. The summed E-state index contributed by atoms with van der Waals surface area (Å²) in [7, 11) is 0. The predicted molar refractivity (Wildman–Crippen MR) is 116 cm³/mol. The van der Waals surface area contributed by atoms with Crippen molar-refractivity contribution >= 4 is 18.0 Å². The fourth-order valence-corrected chi connectivity index (χ4v) is 2.89. The van der Waals surface area contributed by atoms with Gasteiger partial charge in [-0.25, -0.2) is 4.79 Å². The van der Waals surface area contributed by atoms with Crippen molar-refractivity contribution in [1.82, 2.24) is 5.32 Å². The molecule has 152 valence electrons. The van der Waals surface area contributed by atoms with E-state index in [0.717, 1.165) is 16.7 Å². The van der Waals surface area contributed by atoms with Crippen molar-refractivity contribution in [2.45, 2.75) is 19.1 Å². The van der Waals surface area contributed by atoms with Gasteiger partial charge in [0.15, 0.2) is 0 Å². The number of hydrogen-bond acceptors (Lipinski definition) is 3. The highest BCUT2D eigenvalue weighted by atomic mass is 16.5. The topological polar surface area (TPSA) is 75.6 Å². The van der Waals surface area contributed by atoms with E-state index >= 15 is 0 Å². The molecule has 5 heteroatoms. The van der Waals surface area contributed by atoms with Gasteiger partial charge in [-0.2, -0.15) is 0 Å². The molecule has 0 bridgehead atoms. The van der Waals surface area contributed by atoms with E-state index in [9.17, 15) is 14.7 Å². The second kappa shape index (κ2) is 10.6. The minimum absolute atomic E-state index is 0.221. The second-order valence-corrected chi connectivity index (χ2v) is 6.77. The number of nitrogens with one attached hydrogen (secondary N) is 1. The maximum atomic E-state index is 12.2. The minimum Gasteiger partial charge on any atom is -0.489 e. The van der Waals surface area contributed by atoms with Crippen molar-refractivity contribution in [2.24, 2.45) is 0 Å². The van der Waals surface area contributed by atoms with Crippen LogP contribution in [0.1, 0.15) is 16.7 Å². The standard InChI is InChI=1S/C25H23NO4/c27-24(26-23(25(28)29)17-19-8-3-1-4-9-19)15-14-20-12-7-13-22(16-20)30-18-21-10-5-2-6-11-21/h1-16,23H,17-18H2,(H,26,27)(H,28,29)/b15-14+/t23-/m0/s1. The summed E-state index contributed by atoms with van der Waals surface area (Å²) in [5.41, 5.74) is 2.69. The third-order valence-corrected chi connectivity index (χ3v) is 4.43. The number of rotatable bonds is 9. The SMILES string of the molecule is O=C(/C=C/c1cccc(OCc2ccccc2)c1)N[C@@H](Cc1ccccc1)C(=O)O. The zero-order chi connectivity index (χ0) is 21.2. The first kappa shape index (κ1) is 20.9. The molecule has 0 unspecified atom stereocenters. The molecule has 0 aliphatic rings. The predicted octanol–water partition coefficient (Wildman–Crippen LogP) is 4.09. The molecule has 3 rings (SSSR count). The monoisotopic (exact) mass is 401 g/mol. The van der Waals surface area contributed by atoms with Crippen LogP contribution in [0.2, 0.25) is 0 Å². The number of benzene rings is 3. The molecule has 0 fully saturated rings. The van der Waals surface area contributed by atoms with Gasteiger partial charge in [0.25, 0.3) is 0 Å². The highest BCUT2D eigenvalue weighted by Gasteiger charge is 2.19. The fraction of sp³-hybridized carbons (Fsp3) is 0.120. The van der Waals surface area contributed by atoms with Gasteiger partial charge in [0.05, 0.1) is 0 Å². The molecule has 3 aromatic rings. The molecule has 0 radical (unpaired) electrons. The quantitative estimate of drug-likeness (QED) is 0.530. The summed E-state index contributed by atoms with van der Waals surface area (Å²) in [6.45, 7) is 0.453. The molecule has 0 saturated heterocycles. The number of carbonyl (C=O) groups excluding carboxylic acids is 1. The van der Waals surface area contributed by atoms with Crippen LogP contribution in [0, 0.1) is 0 Å². The van der Waals surface area contributed by atoms with Crippen molar-refractivity contribution in [3.05, 3.63) is 108 Å². The average molecular weight is 401 g/mol. The summed E-state index contributed by atoms with van der Waals surface area (Å²) in [6.07, 6.45) is 3.18. The minimum atomic E-state index is -1.07. The van der Waals surface area contributed by atoms with Gasteiger partial charge < -0.3 is 15.2 Å². The Bertz CT molecular complexity index is 1000. The number of hydrogen-bond donors (Lipinski definition) is 2. The van der Waals surface area contributed by atoms with Gasteiger partial charge in [-0.15, -0.1) is 0 Å². The van der Waals surface area contributed by atoms with E-state index in [1.807, 2.05) is 84.9 Å². The summed E-state index contributed by atoms with van der Waals surface area (Å²) in [6, 6.07) is 25.4. The third kappa shape index (κ3) is 6.63. The van der Waals surface area contributed by atoms with Crippen LogP contribution in [0.4, 0.5) is 0 Å². The third-order valence-electron chi connectivity index (χ3n) is 4.43. The highest BCUT2D eigenvalue weighted by Crippen LogP contribution is 2.16.